The van der Waals surface area contributed by atoms with Crippen molar-refractivity contribution < 1.29 is 4.74 Å². The Balaban J connectivity index is 1.68. The molecule has 0 saturated heterocycles. The van der Waals surface area contributed by atoms with Gasteiger partial charge in [0.15, 0.2) is 0 Å². The summed E-state index contributed by atoms with van der Waals surface area (Å²) in [4.78, 5) is 4.48. The maximum atomic E-state index is 5.46. The van der Waals surface area contributed by atoms with Crippen LogP contribution in [0.1, 0.15) is 43.5 Å². The number of aromatic nitrogens is 1. The van der Waals surface area contributed by atoms with Crippen LogP contribution in [0.2, 0.25) is 0 Å². The largest absolute Gasteiger partial charge is 0.381 e. The first-order chi connectivity index (χ1) is 8.42. The van der Waals surface area contributed by atoms with Crippen LogP contribution < -0.4 is 5.32 Å². The first-order valence-electron chi connectivity index (χ1n) is 6.66. The van der Waals surface area contributed by atoms with Crippen molar-refractivity contribution in [1.82, 2.24) is 10.3 Å². The van der Waals surface area contributed by atoms with Crippen LogP contribution in [-0.4, -0.2) is 24.7 Å². The van der Waals surface area contributed by atoms with Gasteiger partial charge in [-0.15, -0.1) is 0 Å². The molecule has 1 aromatic heterocycles. The van der Waals surface area contributed by atoms with Gasteiger partial charge < -0.3 is 10.1 Å². The third-order valence-corrected chi connectivity index (χ3v) is 3.16. The SMILES string of the molecule is CCCOCCCNC1CCc2cccnc21. The number of nitrogens with one attached hydrogen (secondary N) is 1. The lowest BCUT2D eigenvalue weighted by molar-refractivity contribution is 0.131. The van der Waals surface area contributed by atoms with Gasteiger partial charge in [0, 0.05) is 19.4 Å². The van der Waals surface area contributed by atoms with Gasteiger partial charge in [-0.25, -0.2) is 0 Å². The van der Waals surface area contributed by atoms with E-state index in [1.54, 1.807) is 0 Å². The molecule has 3 heteroatoms. The van der Waals surface area contributed by atoms with E-state index >= 15 is 0 Å². The molecule has 0 fully saturated rings. The Kier molecular flexibility index (Phi) is 4.95. The van der Waals surface area contributed by atoms with Crippen molar-refractivity contribution in [2.45, 2.75) is 38.6 Å². The quantitative estimate of drug-likeness (QED) is 0.736. The van der Waals surface area contributed by atoms with E-state index in [1.807, 2.05) is 12.3 Å². The molecule has 0 aromatic carbocycles. The minimum Gasteiger partial charge on any atom is -0.381 e. The van der Waals surface area contributed by atoms with E-state index in [-0.39, 0.29) is 0 Å². The van der Waals surface area contributed by atoms with Crippen LogP contribution in [0.4, 0.5) is 0 Å². The molecule has 0 aliphatic heterocycles. The average Bonchev–Trinajstić information content (AvgIpc) is 2.77. The molecule has 1 heterocycles. The number of rotatable bonds is 7. The summed E-state index contributed by atoms with van der Waals surface area (Å²) < 4.78 is 5.46. The first kappa shape index (κ1) is 12.5. The van der Waals surface area contributed by atoms with Crippen molar-refractivity contribution in [2.75, 3.05) is 19.8 Å². The zero-order valence-electron chi connectivity index (χ0n) is 10.6. The Bertz CT molecular complexity index is 341. The van der Waals surface area contributed by atoms with Gasteiger partial charge in [0.2, 0.25) is 0 Å². The first-order valence-corrected chi connectivity index (χ1v) is 6.66. The van der Waals surface area contributed by atoms with Crippen molar-refractivity contribution >= 4 is 0 Å². The second-order valence-electron chi connectivity index (χ2n) is 4.56. The highest BCUT2D eigenvalue weighted by molar-refractivity contribution is 5.27. The Morgan fingerprint density at radius 1 is 1.47 bits per heavy atom. The van der Waals surface area contributed by atoms with Crippen molar-refractivity contribution in [2.24, 2.45) is 0 Å². The molecular formula is C14H22N2O. The summed E-state index contributed by atoms with van der Waals surface area (Å²) in [6.45, 7) is 4.90. The average molecular weight is 234 g/mol. The van der Waals surface area contributed by atoms with Crippen LogP contribution in [0, 0.1) is 0 Å². The van der Waals surface area contributed by atoms with E-state index in [1.165, 1.54) is 17.7 Å². The van der Waals surface area contributed by atoms with Gasteiger partial charge in [-0.2, -0.15) is 0 Å². The van der Waals surface area contributed by atoms with Gasteiger partial charge >= 0.3 is 0 Å². The minimum absolute atomic E-state index is 0.456. The standard InChI is InChI=1S/C14H22N2O/c1-2-10-17-11-4-9-15-13-7-6-12-5-3-8-16-14(12)13/h3,5,8,13,15H,2,4,6-7,9-11H2,1H3. The Morgan fingerprint density at radius 2 is 2.41 bits per heavy atom. The number of fused-ring (bicyclic) bond motifs is 1. The highest BCUT2D eigenvalue weighted by Gasteiger charge is 2.22. The second-order valence-corrected chi connectivity index (χ2v) is 4.56. The monoisotopic (exact) mass is 234 g/mol. The molecule has 3 nitrogen and oxygen atoms in total. The van der Waals surface area contributed by atoms with Gasteiger partial charge in [0.05, 0.1) is 11.7 Å². The number of pyridine rings is 1. The predicted molar refractivity (Wildman–Crippen MR) is 69.0 cm³/mol. The topological polar surface area (TPSA) is 34.1 Å². The fraction of sp³-hybridized carbons (Fsp3) is 0.643. The van der Waals surface area contributed by atoms with E-state index in [9.17, 15) is 0 Å². The zero-order chi connectivity index (χ0) is 11.9. The number of aryl methyl sites for hydroxylation is 1. The number of hydrogen-bond acceptors (Lipinski definition) is 3. The predicted octanol–water partition coefficient (Wildman–Crippen LogP) is 2.48. The number of nitrogens with zero attached hydrogens (tertiary/aromatic N) is 1. The van der Waals surface area contributed by atoms with Gasteiger partial charge in [0.1, 0.15) is 0 Å². The van der Waals surface area contributed by atoms with Crippen LogP contribution in [0.15, 0.2) is 18.3 Å². The summed E-state index contributed by atoms with van der Waals surface area (Å²) in [5.41, 5.74) is 2.66. The molecule has 1 unspecified atom stereocenters. The highest BCUT2D eigenvalue weighted by Crippen LogP contribution is 2.28. The lowest BCUT2D eigenvalue weighted by Crippen LogP contribution is -2.22. The van der Waals surface area contributed by atoms with Crippen molar-refractivity contribution in [3.05, 3.63) is 29.6 Å². The van der Waals surface area contributed by atoms with Gasteiger partial charge in [0.25, 0.3) is 0 Å². The summed E-state index contributed by atoms with van der Waals surface area (Å²) in [7, 11) is 0. The maximum absolute atomic E-state index is 5.46. The molecule has 17 heavy (non-hydrogen) atoms. The smallest absolute Gasteiger partial charge is 0.0605 e. The molecule has 0 radical (unpaired) electrons. The molecule has 2 rings (SSSR count). The third-order valence-electron chi connectivity index (χ3n) is 3.16. The molecule has 0 bridgehead atoms. The van der Waals surface area contributed by atoms with Crippen LogP contribution in [0.25, 0.3) is 0 Å². The van der Waals surface area contributed by atoms with Crippen molar-refractivity contribution in [3.8, 4) is 0 Å². The molecule has 0 spiro atoms. The minimum atomic E-state index is 0.456. The van der Waals surface area contributed by atoms with Crippen LogP contribution in [0.3, 0.4) is 0 Å². The Hall–Kier alpha value is -0.930. The van der Waals surface area contributed by atoms with Crippen LogP contribution >= 0.6 is 0 Å². The summed E-state index contributed by atoms with van der Waals surface area (Å²) >= 11 is 0. The molecule has 0 saturated carbocycles. The summed E-state index contributed by atoms with van der Waals surface area (Å²) in [6, 6.07) is 4.67. The Morgan fingerprint density at radius 3 is 3.29 bits per heavy atom. The van der Waals surface area contributed by atoms with E-state index in [4.69, 9.17) is 4.74 Å². The van der Waals surface area contributed by atoms with E-state index < -0.39 is 0 Å². The summed E-state index contributed by atoms with van der Waals surface area (Å²) in [5, 5.41) is 3.57. The molecule has 1 aliphatic rings. The van der Waals surface area contributed by atoms with Gasteiger partial charge in [-0.3, -0.25) is 4.98 Å². The van der Waals surface area contributed by atoms with E-state index in [2.05, 4.69) is 23.3 Å². The maximum Gasteiger partial charge on any atom is 0.0605 e. The zero-order valence-corrected chi connectivity index (χ0v) is 10.6. The lowest BCUT2D eigenvalue weighted by Gasteiger charge is -2.12. The molecule has 1 N–H and O–H groups in total. The highest BCUT2D eigenvalue weighted by atomic mass is 16.5. The fourth-order valence-electron chi connectivity index (χ4n) is 2.31. The normalized spacial score (nSPS) is 18.3. The third kappa shape index (κ3) is 3.51. The number of hydrogen-bond donors (Lipinski definition) is 1. The molecule has 1 atom stereocenters. The lowest BCUT2D eigenvalue weighted by atomic mass is 10.2. The number of ether oxygens (including phenoxy) is 1. The molecule has 0 amide bonds. The van der Waals surface area contributed by atoms with Crippen molar-refractivity contribution in [1.29, 1.82) is 0 Å². The van der Waals surface area contributed by atoms with Gasteiger partial charge in [-0.1, -0.05) is 13.0 Å². The van der Waals surface area contributed by atoms with Crippen LogP contribution in [-0.2, 0) is 11.2 Å². The molecule has 94 valence electrons. The summed E-state index contributed by atoms with van der Waals surface area (Å²) in [6.07, 6.45) is 6.42. The second kappa shape index (κ2) is 6.72. The van der Waals surface area contributed by atoms with Crippen LogP contribution in [0.5, 0.6) is 0 Å². The molecule has 1 aliphatic carbocycles. The molecule has 1 aromatic rings. The molecular weight excluding hydrogens is 212 g/mol. The van der Waals surface area contributed by atoms with Gasteiger partial charge in [-0.05, 0) is 43.9 Å². The van der Waals surface area contributed by atoms with Crippen molar-refractivity contribution in [3.63, 3.8) is 0 Å². The Labute approximate surface area is 104 Å². The summed E-state index contributed by atoms with van der Waals surface area (Å²) in [5.74, 6) is 0. The van der Waals surface area contributed by atoms with E-state index in [0.717, 1.165) is 39.0 Å². The van der Waals surface area contributed by atoms with E-state index in [0.29, 0.717) is 6.04 Å². The fourth-order valence-corrected chi connectivity index (χ4v) is 2.31.